The maximum Gasteiger partial charge on any atom is 0.228 e. The third-order valence-electron chi connectivity index (χ3n) is 3.51. The first-order valence-corrected chi connectivity index (χ1v) is 7.49. The van der Waals surface area contributed by atoms with Crippen molar-refractivity contribution in [2.75, 3.05) is 43.1 Å². The van der Waals surface area contributed by atoms with E-state index in [1.165, 1.54) is 0 Å². The molecule has 1 N–H and O–H groups in total. The molecule has 1 aliphatic rings. The van der Waals surface area contributed by atoms with Crippen LogP contribution in [0.15, 0.2) is 49.1 Å². The lowest BCUT2D eigenvalue weighted by Crippen LogP contribution is -2.37. The Hall–Kier alpha value is -2.40. The predicted molar refractivity (Wildman–Crippen MR) is 89.2 cm³/mol. The zero-order valence-corrected chi connectivity index (χ0v) is 12.5. The van der Waals surface area contributed by atoms with Crippen molar-refractivity contribution in [2.45, 2.75) is 0 Å². The summed E-state index contributed by atoms with van der Waals surface area (Å²) < 4.78 is 5.41. The molecule has 5 heteroatoms. The van der Waals surface area contributed by atoms with Gasteiger partial charge in [-0.05, 0) is 0 Å². The van der Waals surface area contributed by atoms with E-state index in [1.54, 1.807) is 0 Å². The highest BCUT2D eigenvalue weighted by Gasteiger charge is 2.16. The van der Waals surface area contributed by atoms with Crippen LogP contribution in [0.2, 0.25) is 0 Å². The third-order valence-corrected chi connectivity index (χ3v) is 3.51. The Morgan fingerprint density at radius 1 is 1.18 bits per heavy atom. The second kappa shape index (κ2) is 7.04. The summed E-state index contributed by atoms with van der Waals surface area (Å²) in [5.74, 6) is 1.56. The highest BCUT2D eigenvalue weighted by molar-refractivity contribution is 5.64. The molecule has 0 radical (unpaired) electrons. The van der Waals surface area contributed by atoms with E-state index >= 15 is 0 Å². The van der Waals surface area contributed by atoms with Crippen molar-refractivity contribution in [3.05, 3.63) is 49.1 Å². The van der Waals surface area contributed by atoms with Crippen LogP contribution in [0.25, 0.3) is 11.3 Å². The first kappa shape index (κ1) is 14.5. The van der Waals surface area contributed by atoms with Crippen molar-refractivity contribution in [2.24, 2.45) is 0 Å². The smallest absolute Gasteiger partial charge is 0.228 e. The Labute approximate surface area is 130 Å². The van der Waals surface area contributed by atoms with Crippen LogP contribution in [0.5, 0.6) is 0 Å². The molecule has 22 heavy (non-hydrogen) atoms. The van der Waals surface area contributed by atoms with Gasteiger partial charge < -0.3 is 15.0 Å². The molecule has 0 atom stereocenters. The van der Waals surface area contributed by atoms with Gasteiger partial charge in [-0.15, -0.1) is 6.58 Å². The van der Waals surface area contributed by atoms with Gasteiger partial charge in [0.15, 0.2) is 0 Å². The number of aromatic nitrogens is 2. The standard InChI is InChI=1S/C17H20N4O/c1-2-8-18-16-13-15(14-6-4-3-5-7-14)19-17(20-16)21-9-11-22-12-10-21/h2-7,13H,1,8-12H2,(H,18,19,20). The molecule has 0 saturated carbocycles. The van der Waals surface area contributed by atoms with E-state index in [-0.39, 0.29) is 0 Å². The van der Waals surface area contributed by atoms with Gasteiger partial charge in [0.2, 0.25) is 5.95 Å². The number of anilines is 2. The Morgan fingerprint density at radius 3 is 2.68 bits per heavy atom. The topological polar surface area (TPSA) is 50.3 Å². The zero-order valence-electron chi connectivity index (χ0n) is 12.5. The minimum absolute atomic E-state index is 0.674. The summed E-state index contributed by atoms with van der Waals surface area (Å²) in [7, 11) is 0. The van der Waals surface area contributed by atoms with E-state index in [2.05, 4.69) is 33.9 Å². The minimum atomic E-state index is 0.674. The summed E-state index contributed by atoms with van der Waals surface area (Å²) in [4.78, 5) is 11.5. The van der Waals surface area contributed by atoms with Crippen molar-refractivity contribution >= 4 is 11.8 Å². The molecule has 1 saturated heterocycles. The third kappa shape index (κ3) is 3.43. The Kier molecular flexibility index (Phi) is 4.65. The molecule has 0 bridgehead atoms. The molecule has 3 rings (SSSR count). The first-order valence-electron chi connectivity index (χ1n) is 7.49. The summed E-state index contributed by atoms with van der Waals surface area (Å²) in [5, 5.41) is 3.26. The number of nitrogens with one attached hydrogen (secondary N) is 1. The van der Waals surface area contributed by atoms with Crippen LogP contribution in [-0.2, 0) is 4.74 Å². The number of hydrogen-bond donors (Lipinski definition) is 1. The lowest BCUT2D eigenvalue weighted by Gasteiger charge is -2.27. The van der Waals surface area contributed by atoms with E-state index in [0.29, 0.717) is 19.8 Å². The predicted octanol–water partition coefficient (Wildman–Crippen LogP) is 2.58. The maximum atomic E-state index is 5.41. The molecule has 5 nitrogen and oxygen atoms in total. The van der Waals surface area contributed by atoms with Crippen LogP contribution in [0.4, 0.5) is 11.8 Å². The summed E-state index contributed by atoms with van der Waals surface area (Å²) in [6, 6.07) is 12.1. The van der Waals surface area contributed by atoms with E-state index in [4.69, 9.17) is 9.72 Å². The largest absolute Gasteiger partial charge is 0.378 e. The molecule has 1 aliphatic heterocycles. The van der Waals surface area contributed by atoms with Gasteiger partial charge in [0.1, 0.15) is 5.82 Å². The monoisotopic (exact) mass is 296 g/mol. The highest BCUT2D eigenvalue weighted by atomic mass is 16.5. The summed E-state index contributed by atoms with van der Waals surface area (Å²) in [5.41, 5.74) is 2.00. The number of morpholine rings is 1. The Morgan fingerprint density at radius 2 is 1.95 bits per heavy atom. The van der Waals surface area contributed by atoms with Crippen molar-refractivity contribution in [3.8, 4) is 11.3 Å². The zero-order chi connectivity index (χ0) is 15.2. The SMILES string of the molecule is C=CCNc1cc(-c2ccccc2)nc(N2CCOCC2)n1. The maximum absolute atomic E-state index is 5.41. The van der Waals surface area contributed by atoms with Crippen LogP contribution >= 0.6 is 0 Å². The molecule has 2 heterocycles. The Balaban J connectivity index is 1.95. The van der Waals surface area contributed by atoms with Gasteiger partial charge in [-0.3, -0.25) is 0 Å². The van der Waals surface area contributed by atoms with Gasteiger partial charge in [0.05, 0.1) is 18.9 Å². The number of nitrogens with zero attached hydrogens (tertiary/aromatic N) is 3. The van der Waals surface area contributed by atoms with Crippen molar-refractivity contribution in [1.82, 2.24) is 9.97 Å². The molecule has 2 aromatic rings. The van der Waals surface area contributed by atoms with Crippen LogP contribution in [-0.4, -0.2) is 42.8 Å². The van der Waals surface area contributed by atoms with Crippen LogP contribution < -0.4 is 10.2 Å². The average molecular weight is 296 g/mol. The van der Waals surface area contributed by atoms with Gasteiger partial charge >= 0.3 is 0 Å². The lowest BCUT2D eigenvalue weighted by atomic mass is 10.1. The van der Waals surface area contributed by atoms with Gasteiger partial charge in [0, 0.05) is 31.3 Å². The van der Waals surface area contributed by atoms with Crippen LogP contribution in [0, 0.1) is 0 Å². The molecule has 0 spiro atoms. The fourth-order valence-corrected chi connectivity index (χ4v) is 2.36. The van der Waals surface area contributed by atoms with Crippen molar-refractivity contribution < 1.29 is 4.74 Å². The number of rotatable bonds is 5. The number of ether oxygens (including phenoxy) is 1. The number of hydrogen-bond acceptors (Lipinski definition) is 5. The fourth-order valence-electron chi connectivity index (χ4n) is 2.36. The molecular weight excluding hydrogens is 276 g/mol. The lowest BCUT2D eigenvalue weighted by molar-refractivity contribution is 0.122. The van der Waals surface area contributed by atoms with Gasteiger partial charge in [-0.1, -0.05) is 36.4 Å². The summed E-state index contributed by atoms with van der Waals surface area (Å²) >= 11 is 0. The quantitative estimate of drug-likeness (QED) is 0.859. The number of benzene rings is 1. The minimum Gasteiger partial charge on any atom is -0.378 e. The van der Waals surface area contributed by atoms with E-state index < -0.39 is 0 Å². The van der Waals surface area contributed by atoms with Crippen molar-refractivity contribution in [3.63, 3.8) is 0 Å². The van der Waals surface area contributed by atoms with E-state index in [0.717, 1.165) is 36.1 Å². The molecule has 0 aliphatic carbocycles. The molecule has 1 aromatic carbocycles. The van der Waals surface area contributed by atoms with Crippen LogP contribution in [0.1, 0.15) is 0 Å². The summed E-state index contributed by atoms with van der Waals surface area (Å²) in [6.07, 6.45) is 1.82. The molecule has 1 fully saturated rings. The molecule has 0 unspecified atom stereocenters. The van der Waals surface area contributed by atoms with Crippen molar-refractivity contribution in [1.29, 1.82) is 0 Å². The summed E-state index contributed by atoms with van der Waals surface area (Å²) in [6.45, 7) is 7.48. The second-order valence-corrected chi connectivity index (χ2v) is 5.07. The van der Waals surface area contributed by atoms with Gasteiger partial charge in [-0.2, -0.15) is 4.98 Å². The Bertz CT molecular complexity index is 624. The van der Waals surface area contributed by atoms with E-state index in [9.17, 15) is 0 Å². The molecule has 0 amide bonds. The van der Waals surface area contributed by atoms with Crippen LogP contribution in [0.3, 0.4) is 0 Å². The molecule has 1 aromatic heterocycles. The molecule has 114 valence electrons. The normalized spacial score (nSPS) is 14.6. The van der Waals surface area contributed by atoms with E-state index in [1.807, 2.05) is 30.3 Å². The second-order valence-electron chi connectivity index (χ2n) is 5.07. The van der Waals surface area contributed by atoms with Gasteiger partial charge in [0.25, 0.3) is 0 Å². The fraction of sp³-hybridized carbons (Fsp3) is 0.294. The van der Waals surface area contributed by atoms with Gasteiger partial charge in [-0.25, -0.2) is 4.98 Å². The highest BCUT2D eigenvalue weighted by Crippen LogP contribution is 2.23. The average Bonchev–Trinajstić information content (AvgIpc) is 2.61. The molecular formula is C17H20N4O. The first-order chi connectivity index (χ1) is 10.9.